The molecule has 0 radical (unpaired) electrons. The van der Waals surface area contributed by atoms with E-state index in [0.717, 1.165) is 108 Å². The van der Waals surface area contributed by atoms with Crippen molar-refractivity contribution in [2.75, 3.05) is 39.6 Å². The fourth-order valence-corrected chi connectivity index (χ4v) is 12.4. The van der Waals surface area contributed by atoms with Gasteiger partial charge in [-0.05, 0) is 49.4 Å². The van der Waals surface area contributed by atoms with Crippen LogP contribution in [0, 0.1) is 23.7 Å². The minimum absolute atomic E-state index is 0.102. The molecule has 540 valence electrons. The monoisotopic (exact) mass is 1340 g/mol. The molecule has 0 aliphatic rings. The van der Waals surface area contributed by atoms with Crippen LogP contribution in [0.2, 0.25) is 0 Å². The van der Waals surface area contributed by atoms with E-state index in [1.807, 2.05) is 0 Å². The molecule has 17 nitrogen and oxygen atoms in total. The Hall–Kier alpha value is -1.94. The van der Waals surface area contributed by atoms with Gasteiger partial charge in [-0.15, -0.1) is 0 Å². The molecule has 0 bridgehead atoms. The number of rotatable bonds is 69. The molecule has 0 amide bonds. The van der Waals surface area contributed by atoms with Gasteiger partial charge in [0.05, 0.1) is 26.4 Å². The topological polar surface area (TPSA) is 237 Å². The largest absolute Gasteiger partial charge is 0.472 e. The van der Waals surface area contributed by atoms with E-state index in [-0.39, 0.29) is 25.7 Å². The molecule has 0 spiro atoms. The van der Waals surface area contributed by atoms with Crippen LogP contribution in [-0.2, 0) is 65.4 Å². The van der Waals surface area contributed by atoms with Crippen LogP contribution in [0.1, 0.15) is 357 Å². The fourth-order valence-electron chi connectivity index (χ4n) is 10.8. The predicted molar refractivity (Wildman–Crippen MR) is 367 cm³/mol. The Morgan fingerprint density at radius 3 is 0.681 bits per heavy atom. The highest BCUT2D eigenvalue weighted by atomic mass is 31.2. The number of phosphoric ester groups is 2. The molecule has 3 N–H and O–H groups in total. The van der Waals surface area contributed by atoms with E-state index in [0.29, 0.717) is 37.5 Å². The van der Waals surface area contributed by atoms with Crippen LogP contribution in [0.5, 0.6) is 0 Å². The van der Waals surface area contributed by atoms with Crippen LogP contribution < -0.4 is 0 Å². The first-order valence-electron chi connectivity index (χ1n) is 37.2. The zero-order chi connectivity index (χ0) is 67.5. The maximum absolute atomic E-state index is 13.0. The third-order valence-electron chi connectivity index (χ3n) is 16.6. The van der Waals surface area contributed by atoms with E-state index in [4.69, 9.17) is 37.0 Å². The summed E-state index contributed by atoms with van der Waals surface area (Å²) in [5.74, 6) is 0.803. The van der Waals surface area contributed by atoms with Crippen molar-refractivity contribution in [3.05, 3.63) is 0 Å². The first-order chi connectivity index (χ1) is 43.6. The second-order valence-electron chi connectivity index (χ2n) is 27.9. The SMILES string of the molecule is CC(C)CCCCCCCCCCCCCCCCC(=O)O[C@H](COC(=O)CCCCCCCCC(C)C)COP(=O)(O)OCC(O)COP(=O)(O)OC[C@@H](COC(=O)CCCCCCCCCCCCCCCC(C)C)OC(=O)CCCCCCCCC(C)C. The highest BCUT2D eigenvalue weighted by Crippen LogP contribution is 2.45. The quantitative estimate of drug-likeness (QED) is 0.0222. The number of aliphatic hydroxyl groups is 1. The zero-order valence-corrected chi connectivity index (χ0v) is 61.3. The molecule has 0 aromatic heterocycles. The summed E-state index contributed by atoms with van der Waals surface area (Å²) in [4.78, 5) is 72.5. The minimum atomic E-state index is -4.95. The predicted octanol–water partition coefficient (Wildman–Crippen LogP) is 20.5. The third kappa shape index (κ3) is 66.5. The van der Waals surface area contributed by atoms with Gasteiger partial charge in [0, 0.05) is 25.7 Å². The number of unbranched alkanes of at least 4 members (excludes halogenated alkanes) is 35. The summed E-state index contributed by atoms with van der Waals surface area (Å²) in [5.41, 5.74) is 0. The van der Waals surface area contributed by atoms with Gasteiger partial charge >= 0.3 is 39.5 Å². The Balaban J connectivity index is 5.17. The molecule has 91 heavy (non-hydrogen) atoms. The van der Waals surface area contributed by atoms with Gasteiger partial charge in [-0.25, -0.2) is 9.13 Å². The molecule has 5 atom stereocenters. The normalized spacial score (nSPS) is 14.2. The molecular weight excluding hydrogens is 1200 g/mol. The molecule has 3 unspecified atom stereocenters. The average Bonchev–Trinajstić information content (AvgIpc) is 3.42. The lowest BCUT2D eigenvalue weighted by atomic mass is 10.0. The molecule has 0 aliphatic carbocycles. The van der Waals surface area contributed by atoms with Gasteiger partial charge in [-0.2, -0.15) is 0 Å². The van der Waals surface area contributed by atoms with E-state index < -0.39 is 97.5 Å². The van der Waals surface area contributed by atoms with Crippen LogP contribution >= 0.6 is 15.6 Å². The minimum Gasteiger partial charge on any atom is -0.462 e. The van der Waals surface area contributed by atoms with Crippen LogP contribution in [0.3, 0.4) is 0 Å². The van der Waals surface area contributed by atoms with Crippen molar-refractivity contribution >= 4 is 39.5 Å². The molecule has 0 saturated heterocycles. The number of phosphoric acid groups is 2. The summed E-state index contributed by atoms with van der Waals surface area (Å²) in [6.07, 6.45) is 44.8. The van der Waals surface area contributed by atoms with E-state index in [9.17, 15) is 43.2 Å². The lowest BCUT2D eigenvalue weighted by molar-refractivity contribution is -0.161. The number of carbonyl (C=O) groups is 4. The lowest BCUT2D eigenvalue weighted by Crippen LogP contribution is -2.30. The van der Waals surface area contributed by atoms with Crippen molar-refractivity contribution in [2.24, 2.45) is 23.7 Å². The van der Waals surface area contributed by atoms with Crippen molar-refractivity contribution in [1.82, 2.24) is 0 Å². The maximum Gasteiger partial charge on any atom is 0.472 e. The summed E-state index contributed by atoms with van der Waals surface area (Å²) >= 11 is 0. The molecule has 0 aromatic carbocycles. The molecule has 0 rings (SSSR count). The molecular formula is C72H140O17P2. The van der Waals surface area contributed by atoms with Crippen molar-refractivity contribution in [3.8, 4) is 0 Å². The molecule has 0 saturated carbocycles. The standard InChI is InChI=1S/C72H140O17P2/c1-62(2)48-40-32-24-20-16-12-9-10-14-19-23-27-38-46-54-71(76)88-67(59-83-70(75)53-45-37-30-28-34-42-50-64(5)6)60-86-90(78,79)84-56-66(73)57-85-91(80,81)87-61-68(89-72(77)55-47-39-31-29-35-43-51-65(7)8)58-82-69(74)52-44-36-26-22-18-15-11-13-17-21-25-33-41-49-63(3)4/h62-68,73H,9-61H2,1-8H3,(H,78,79)(H,80,81)/t66?,67-,68-/m1/s1. The number of esters is 4. The molecule has 0 aliphatic heterocycles. The summed E-state index contributed by atoms with van der Waals surface area (Å²) in [6.45, 7) is 14.0. The number of aliphatic hydroxyl groups excluding tert-OH is 1. The van der Waals surface area contributed by atoms with E-state index in [1.165, 1.54) is 154 Å². The van der Waals surface area contributed by atoms with Gasteiger partial charge in [-0.3, -0.25) is 37.3 Å². The Bertz CT molecular complexity index is 1800. The van der Waals surface area contributed by atoms with Crippen LogP contribution in [0.4, 0.5) is 0 Å². The summed E-state index contributed by atoms with van der Waals surface area (Å²) in [6, 6.07) is 0. The summed E-state index contributed by atoms with van der Waals surface area (Å²) < 4.78 is 68.3. The molecule has 0 fully saturated rings. The van der Waals surface area contributed by atoms with Crippen molar-refractivity contribution < 1.29 is 80.2 Å². The second kappa shape index (κ2) is 61.6. The summed E-state index contributed by atoms with van der Waals surface area (Å²) in [5, 5.41) is 10.6. The Morgan fingerprint density at radius 1 is 0.275 bits per heavy atom. The van der Waals surface area contributed by atoms with E-state index in [1.54, 1.807) is 0 Å². The van der Waals surface area contributed by atoms with Gasteiger partial charge in [0.15, 0.2) is 12.2 Å². The van der Waals surface area contributed by atoms with E-state index in [2.05, 4.69) is 55.4 Å². The van der Waals surface area contributed by atoms with Gasteiger partial charge in [0.2, 0.25) is 0 Å². The average molecular weight is 1340 g/mol. The lowest BCUT2D eigenvalue weighted by Gasteiger charge is -2.21. The van der Waals surface area contributed by atoms with Gasteiger partial charge in [-0.1, -0.05) is 306 Å². The number of hydrogen-bond acceptors (Lipinski definition) is 15. The molecule has 0 aromatic rings. The highest BCUT2D eigenvalue weighted by Gasteiger charge is 2.30. The van der Waals surface area contributed by atoms with Crippen LogP contribution in [0.25, 0.3) is 0 Å². The van der Waals surface area contributed by atoms with Crippen LogP contribution in [-0.4, -0.2) is 96.7 Å². The Morgan fingerprint density at radius 2 is 0.462 bits per heavy atom. The second-order valence-corrected chi connectivity index (χ2v) is 30.8. The molecule has 19 heteroatoms. The van der Waals surface area contributed by atoms with Gasteiger partial charge < -0.3 is 33.8 Å². The maximum atomic E-state index is 13.0. The Kier molecular flexibility index (Phi) is 60.3. The van der Waals surface area contributed by atoms with Crippen molar-refractivity contribution in [2.45, 2.75) is 375 Å². The Labute approximate surface area is 556 Å². The van der Waals surface area contributed by atoms with Crippen LogP contribution in [0.15, 0.2) is 0 Å². The van der Waals surface area contributed by atoms with E-state index >= 15 is 0 Å². The highest BCUT2D eigenvalue weighted by molar-refractivity contribution is 7.47. The van der Waals surface area contributed by atoms with Gasteiger partial charge in [0.25, 0.3) is 0 Å². The number of hydrogen-bond donors (Lipinski definition) is 3. The van der Waals surface area contributed by atoms with Crippen molar-refractivity contribution in [3.63, 3.8) is 0 Å². The van der Waals surface area contributed by atoms with Crippen molar-refractivity contribution in [1.29, 1.82) is 0 Å². The first-order valence-corrected chi connectivity index (χ1v) is 40.2. The first kappa shape index (κ1) is 89.1. The van der Waals surface area contributed by atoms with Gasteiger partial charge in [0.1, 0.15) is 19.3 Å². The number of ether oxygens (including phenoxy) is 4. The fraction of sp³-hybridized carbons (Fsp3) is 0.944. The molecule has 0 heterocycles. The smallest absolute Gasteiger partial charge is 0.462 e. The summed E-state index contributed by atoms with van der Waals surface area (Å²) in [7, 11) is -9.90. The number of carbonyl (C=O) groups excluding carboxylic acids is 4. The third-order valence-corrected chi connectivity index (χ3v) is 18.5. The zero-order valence-electron chi connectivity index (χ0n) is 59.5.